The average Bonchev–Trinajstić information content (AvgIpc) is 3.84. The van der Waals surface area contributed by atoms with E-state index in [0.717, 1.165) is 51.3 Å². The van der Waals surface area contributed by atoms with Crippen LogP contribution in [-0.2, 0) is 20.4 Å². The largest absolute Gasteiger partial charge is 0.506 e. The van der Waals surface area contributed by atoms with Crippen LogP contribution in [0, 0.1) is 23.7 Å². The molecule has 47 heavy (non-hydrogen) atoms. The number of amides is 1. The van der Waals surface area contributed by atoms with Crippen molar-refractivity contribution in [2.24, 2.45) is 23.7 Å². The molecule has 9 aliphatic rings. The molecule has 7 fully saturated rings. The molecule has 7 heterocycles. The van der Waals surface area contributed by atoms with Crippen LogP contribution < -0.4 is 9.80 Å². The van der Waals surface area contributed by atoms with Crippen LogP contribution in [0.4, 0.5) is 11.4 Å². The quantitative estimate of drug-likeness (QED) is 0.438. The van der Waals surface area contributed by atoms with Gasteiger partial charge >= 0.3 is 0 Å². The maximum Gasteiger partial charge on any atom is 0.224 e. The van der Waals surface area contributed by atoms with Gasteiger partial charge in [-0.15, -0.1) is 0 Å². The Hall–Kier alpha value is -3.13. The predicted molar refractivity (Wildman–Crippen MR) is 182 cm³/mol. The number of phenols is 1. The van der Waals surface area contributed by atoms with Gasteiger partial charge in [-0.25, -0.2) is 0 Å². The maximum absolute atomic E-state index is 14.0. The average molecular weight is 631 g/mol. The standard InChI is InChI=1S/C40H46N4O3/c1-4-23-19-41-15-13-39-28-9-6-7-11-30(28)44-36(39)27(25(23)17-32(39)41)21-47-38(44)34-26-18-33-40(14-16-42(33)20-24(26)5-2)29-10-8-12-31(46)35(29)43(22(3)45)37(34)40/h4-12,25-27,32-34,36-38,46H,13-21H2,1-3H3/b23-4?,24-5+/t25-,26-,27-,32-,33-,34-,36-,37-,38?,39+,40+/m0/s1. The zero-order chi connectivity index (χ0) is 31.6. The summed E-state index contributed by atoms with van der Waals surface area (Å²) in [5.74, 6) is 1.68. The van der Waals surface area contributed by atoms with Gasteiger partial charge in [0, 0.05) is 66.5 Å². The molecule has 2 saturated carbocycles. The molecule has 244 valence electrons. The minimum Gasteiger partial charge on any atom is -0.506 e. The van der Waals surface area contributed by atoms with Gasteiger partial charge in [-0.1, -0.05) is 53.6 Å². The number of rotatable bonds is 1. The van der Waals surface area contributed by atoms with Crippen molar-refractivity contribution in [2.75, 3.05) is 42.6 Å². The number of carbonyl (C=O) groups is 1. The minimum absolute atomic E-state index is 0.0309. The van der Waals surface area contributed by atoms with E-state index in [-0.39, 0.29) is 40.7 Å². The number of aromatic hydroxyl groups is 1. The highest BCUT2D eigenvalue weighted by molar-refractivity contribution is 5.98. The molecular weight excluding hydrogens is 584 g/mol. The number of ether oxygens (including phenoxy) is 1. The second kappa shape index (κ2) is 9.10. The highest BCUT2D eigenvalue weighted by Gasteiger charge is 2.74. The van der Waals surface area contributed by atoms with E-state index in [2.05, 4.69) is 75.9 Å². The van der Waals surface area contributed by atoms with Crippen molar-refractivity contribution in [1.29, 1.82) is 0 Å². The maximum atomic E-state index is 14.0. The lowest BCUT2D eigenvalue weighted by Crippen LogP contribution is -2.73. The number of benzene rings is 2. The third kappa shape index (κ3) is 2.99. The SMILES string of the molecule is CC=C1CN2CC[C@]34c5ccccc5N5C([C@@H]6[C@@H]7N(C(C)=O)c8c(O)cccc8[C@@]78CCN7C/C(=C\C)[C@@H]6C[C@H]78)OC[C@H]([C@H]53)[C@H]1C[C@H]24. The predicted octanol–water partition coefficient (Wildman–Crippen LogP) is 5.19. The number of allylic oxidation sites excluding steroid dienone is 2. The van der Waals surface area contributed by atoms with E-state index < -0.39 is 0 Å². The summed E-state index contributed by atoms with van der Waals surface area (Å²) in [4.78, 5) is 24.4. The second-order valence-corrected chi connectivity index (χ2v) is 16.3. The lowest BCUT2D eigenvalue weighted by atomic mass is 9.53. The van der Waals surface area contributed by atoms with Crippen molar-refractivity contribution in [3.63, 3.8) is 0 Å². The van der Waals surface area contributed by atoms with Gasteiger partial charge in [0.2, 0.25) is 5.91 Å². The first-order chi connectivity index (χ1) is 22.9. The van der Waals surface area contributed by atoms with Crippen LogP contribution in [0.2, 0.25) is 0 Å². The summed E-state index contributed by atoms with van der Waals surface area (Å²) in [6.45, 7) is 11.2. The van der Waals surface area contributed by atoms with Crippen LogP contribution in [0.25, 0.3) is 0 Å². The minimum atomic E-state index is -0.220. The zero-order valence-electron chi connectivity index (χ0n) is 27.8. The topological polar surface area (TPSA) is 59.5 Å². The Morgan fingerprint density at radius 1 is 0.872 bits per heavy atom. The first-order valence-electron chi connectivity index (χ1n) is 18.3. The number of hydrogen-bond donors (Lipinski definition) is 1. The Kier molecular flexibility index (Phi) is 5.38. The number of hydrogen-bond acceptors (Lipinski definition) is 6. The fourth-order valence-electron chi connectivity index (χ4n) is 14.0. The number of phenolic OH excluding ortho intramolecular Hbond substituents is 1. The van der Waals surface area contributed by atoms with Crippen LogP contribution in [0.1, 0.15) is 57.6 Å². The van der Waals surface area contributed by atoms with Gasteiger partial charge < -0.3 is 19.6 Å². The van der Waals surface area contributed by atoms with Crippen LogP contribution in [0.3, 0.4) is 0 Å². The van der Waals surface area contributed by atoms with Crippen molar-refractivity contribution in [3.05, 3.63) is 76.9 Å². The van der Waals surface area contributed by atoms with E-state index >= 15 is 0 Å². The molecule has 1 amide bonds. The molecule has 5 saturated heterocycles. The summed E-state index contributed by atoms with van der Waals surface area (Å²) in [5, 5.41) is 11.5. The van der Waals surface area contributed by atoms with Crippen molar-refractivity contribution in [2.45, 2.75) is 87.7 Å². The molecule has 0 radical (unpaired) electrons. The fourth-order valence-corrected chi connectivity index (χ4v) is 14.0. The van der Waals surface area contributed by atoms with Crippen molar-refractivity contribution in [3.8, 4) is 5.75 Å². The summed E-state index contributed by atoms with van der Waals surface area (Å²) in [5.41, 5.74) is 7.87. The summed E-state index contributed by atoms with van der Waals surface area (Å²) in [7, 11) is 0. The van der Waals surface area contributed by atoms with Gasteiger partial charge in [0.25, 0.3) is 0 Å². The molecule has 1 unspecified atom stereocenters. The molecule has 7 aliphatic heterocycles. The Labute approximate surface area is 277 Å². The molecule has 2 spiro atoms. The molecule has 1 N–H and O–H groups in total. The fraction of sp³-hybridized carbons (Fsp3) is 0.575. The Bertz CT molecular complexity index is 1800. The van der Waals surface area contributed by atoms with E-state index in [1.165, 1.54) is 29.7 Å². The van der Waals surface area contributed by atoms with Gasteiger partial charge in [-0.05, 0) is 87.7 Å². The molecule has 0 aromatic heterocycles. The van der Waals surface area contributed by atoms with Crippen LogP contribution in [0.5, 0.6) is 5.75 Å². The molecule has 11 atom stereocenters. The molecule has 11 rings (SSSR count). The first kappa shape index (κ1) is 27.8. The molecule has 2 aromatic rings. The lowest BCUT2D eigenvalue weighted by Gasteiger charge is -2.63. The molecule has 7 heteroatoms. The van der Waals surface area contributed by atoms with E-state index in [1.807, 2.05) is 6.07 Å². The third-order valence-corrected chi connectivity index (χ3v) is 15.3. The first-order valence-corrected chi connectivity index (χ1v) is 18.3. The van der Waals surface area contributed by atoms with E-state index in [9.17, 15) is 9.90 Å². The van der Waals surface area contributed by atoms with Crippen molar-refractivity contribution >= 4 is 17.3 Å². The normalized spacial score (nSPS) is 45.3. The Morgan fingerprint density at radius 2 is 1.53 bits per heavy atom. The molecule has 7 nitrogen and oxygen atoms in total. The number of carbonyl (C=O) groups excluding carboxylic acids is 1. The highest BCUT2D eigenvalue weighted by atomic mass is 16.5. The Balaban J connectivity index is 1.14. The van der Waals surface area contributed by atoms with E-state index in [0.29, 0.717) is 35.9 Å². The van der Waals surface area contributed by atoms with Crippen molar-refractivity contribution in [1.82, 2.24) is 9.80 Å². The second-order valence-electron chi connectivity index (χ2n) is 16.3. The monoisotopic (exact) mass is 630 g/mol. The lowest BCUT2D eigenvalue weighted by molar-refractivity contribution is -0.129. The summed E-state index contributed by atoms with van der Waals surface area (Å²) < 4.78 is 7.46. The molecular formula is C40H46N4O3. The summed E-state index contributed by atoms with van der Waals surface area (Å²) in [6.07, 6.45) is 9.17. The van der Waals surface area contributed by atoms with E-state index in [1.54, 1.807) is 24.1 Å². The van der Waals surface area contributed by atoms with Gasteiger partial charge in [0.1, 0.15) is 12.0 Å². The van der Waals surface area contributed by atoms with Gasteiger partial charge in [0.15, 0.2) is 0 Å². The van der Waals surface area contributed by atoms with Gasteiger partial charge in [-0.2, -0.15) is 0 Å². The Morgan fingerprint density at radius 3 is 2.26 bits per heavy atom. The van der Waals surface area contributed by atoms with E-state index in [4.69, 9.17) is 4.74 Å². The highest BCUT2D eigenvalue weighted by Crippen LogP contribution is 2.69. The van der Waals surface area contributed by atoms with Gasteiger partial charge in [0.05, 0.1) is 18.3 Å². The third-order valence-electron chi connectivity index (χ3n) is 15.3. The summed E-state index contributed by atoms with van der Waals surface area (Å²) in [6, 6.07) is 16.6. The number of para-hydroxylation sites is 2. The smallest absolute Gasteiger partial charge is 0.224 e. The zero-order valence-corrected chi connectivity index (χ0v) is 27.8. The van der Waals surface area contributed by atoms with Gasteiger partial charge in [-0.3, -0.25) is 14.6 Å². The number of anilines is 2. The van der Waals surface area contributed by atoms with Crippen LogP contribution >= 0.6 is 0 Å². The molecule has 2 aliphatic carbocycles. The number of nitrogens with zero attached hydrogens (tertiary/aromatic N) is 4. The number of piperidine rings is 2. The number of fused-ring (bicyclic) bond motifs is 6. The summed E-state index contributed by atoms with van der Waals surface area (Å²) >= 11 is 0. The molecule has 4 bridgehead atoms. The van der Waals surface area contributed by atoms with Crippen LogP contribution in [-0.4, -0.2) is 84.0 Å². The molecule has 2 aromatic carbocycles. The van der Waals surface area contributed by atoms with Crippen molar-refractivity contribution < 1.29 is 14.6 Å². The van der Waals surface area contributed by atoms with Crippen LogP contribution in [0.15, 0.2) is 65.8 Å².